The van der Waals surface area contributed by atoms with Gasteiger partial charge in [0.1, 0.15) is 5.82 Å². The van der Waals surface area contributed by atoms with Gasteiger partial charge in [0.05, 0.1) is 12.0 Å². The highest BCUT2D eigenvalue weighted by Gasteiger charge is 2.28. The first-order chi connectivity index (χ1) is 11.6. The van der Waals surface area contributed by atoms with Crippen LogP contribution >= 0.6 is 0 Å². The Balaban J connectivity index is 1.62. The summed E-state index contributed by atoms with van der Waals surface area (Å²) in [4.78, 5) is 21.7. The number of nitrogens with one attached hydrogen (secondary N) is 1. The Bertz CT molecular complexity index is 558. The number of anilines is 1. The van der Waals surface area contributed by atoms with Crippen molar-refractivity contribution in [1.82, 2.24) is 15.2 Å². The summed E-state index contributed by atoms with van der Waals surface area (Å²) < 4.78 is 5.61. The maximum absolute atomic E-state index is 12.5. The van der Waals surface area contributed by atoms with Gasteiger partial charge in [-0.15, -0.1) is 0 Å². The summed E-state index contributed by atoms with van der Waals surface area (Å²) in [7, 11) is 2.14. The first kappa shape index (κ1) is 17.2. The molecule has 0 radical (unpaired) electrons. The summed E-state index contributed by atoms with van der Waals surface area (Å²) in [5, 5.41) is 3.09. The molecule has 0 unspecified atom stereocenters. The number of nitrogens with zero attached hydrogens (tertiary/aromatic N) is 3. The zero-order valence-corrected chi connectivity index (χ0v) is 14.7. The van der Waals surface area contributed by atoms with E-state index in [1.807, 2.05) is 19.2 Å². The second-order valence-corrected chi connectivity index (χ2v) is 6.82. The largest absolute Gasteiger partial charge is 0.378 e. The Labute approximate surface area is 144 Å². The third kappa shape index (κ3) is 4.05. The van der Waals surface area contributed by atoms with Gasteiger partial charge in [-0.05, 0) is 32.9 Å². The lowest BCUT2D eigenvalue weighted by Crippen LogP contribution is -2.45. The molecule has 2 fully saturated rings. The van der Waals surface area contributed by atoms with Gasteiger partial charge in [0.15, 0.2) is 0 Å². The van der Waals surface area contributed by atoms with E-state index >= 15 is 0 Å². The molecule has 1 amide bonds. The summed E-state index contributed by atoms with van der Waals surface area (Å²) in [5.74, 6) is 1.05. The summed E-state index contributed by atoms with van der Waals surface area (Å²) in [6, 6.07) is 4.00. The van der Waals surface area contributed by atoms with Crippen LogP contribution in [-0.2, 0) is 16.1 Å². The standard InChI is InChI=1S/C18H28N4O2/c1-14-16(6-4-12-24-14)18(23)20-13-15-5-3-7-19-17(15)22-10-8-21(2)9-11-22/h3,5,7,14,16H,4,6,8-13H2,1-2H3,(H,20,23)/t14-,16-/m1/s1. The van der Waals surface area contributed by atoms with Crippen molar-refractivity contribution in [3.05, 3.63) is 23.9 Å². The summed E-state index contributed by atoms with van der Waals surface area (Å²) in [6.45, 7) is 7.31. The number of rotatable bonds is 4. The second kappa shape index (κ2) is 7.94. The van der Waals surface area contributed by atoms with Crippen molar-refractivity contribution in [1.29, 1.82) is 0 Å². The minimum atomic E-state index is -0.0393. The molecule has 2 saturated heterocycles. The number of carbonyl (C=O) groups is 1. The van der Waals surface area contributed by atoms with E-state index in [2.05, 4.69) is 33.2 Å². The number of piperazine rings is 1. The minimum Gasteiger partial charge on any atom is -0.378 e. The third-order valence-corrected chi connectivity index (χ3v) is 5.07. The fourth-order valence-corrected chi connectivity index (χ4v) is 3.45. The molecule has 1 N–H and O–H groups in total. The third-order valence-electron chi connectivity index (χ3n) is 5.07. The van der Waals surface area contributed by atoms with Gasteiger partial charge in [-0.2, -0.15) is 0 Å². The normalized spacial score (nSPS) is 25.5. The highest BCUT2D eigenvalue weighted by molar-refractivity contribution is 5.79. The number of amides is 1. The smallest absolute Gasteiger partial charge is 0.225 e. The van der Waals surface area contributed by atoms with Crippen molar-refractivity contribution in [2.45, 2.75) is 32.4 Å². The minimum absolute atomic E-state index is 0.00440. The molecule has 0 saturated carbocycles. The maximum Gasteiger partial charge on any atom is 0.225 e. The highest BCUT2D eigenvalue weighted by atomic mass is 16.5. The molecule has 6 nitrogen and oxygen atoms in total. The van der Waals surface area contributed by atoms with E-state index in [9.17, 15) is 4.79 Å². The zero-order chi connectivity index (χ0) is 16.9. The van der Waals surface area contributed by atoms with E-state index in [0.29, 0.717) is 6.54 Å². The van der Waals surface area contributed by atoms with E-state index in [1.54, 1.807) is 0 Å². The number of aromatic nitrogens is 1. The Morgan fingerprint density at radius 3 is 2.92 bits per heavy atom. The maximum atomic E-state index is 12.5. The first-order valence-electron chi connectivity index (χ1n) is 8.92. The van der Waals surface area contributed by atoms with Crippen LogP contribution in [0, 0.1) is 5.92 Å². The Kier molecular flexibility index (Phi) is 5.68. The zero-order valence-electron chi connectivity index (χ0n) is 14.7. The van der Waals surface area contributed by atoms with Gasteiger partial charge in [0.25, 0.3) is 0 Å². The van der Waals surface area contributed by atoms with Crippen LogP contribution in [0.25, 0.3) is 0 Å². The van der Waals surface area contributed by atoms with Gasteiger partial charge in [0, 0.05) is 51.1 Å². The van der Waals surface area contributed by atoms with Crippen molar-refractivity contribution in [3.8, 4) is 0 Å². The number of hydrogen-bond acceptors (Lipinski definition) is 5. The molecule has 0 spiro atoms. The number of likely N-dealkylation sites (N-methyl/N-ethyl adjacent to an activating group) is 1. The number of ether oxygens (including phenoxy) is 1. The molecule has 132 valence electrons. The average Bonchev–Trinajstić information content (AvgIpc) is 2.61. The van der Waals surface area contributed by atoms with Gasteiger partial charge < -0.3 is 19.9 Å². The lowest BCUT2D eigenvalue weighted by Gasteiger charge is -2.34. The summed E-state index contributed by atoms with van der Waals surface area (Å²) >= 11 is 0. The summed E-state index contributed by atoms with van der Waals surface area (Å²) in [5.41, 5.74) is 1.08. The lowest BCUT2D eigenvalue weighted by atomic mass is 9.94. The number of pyridine rings is 1. The van der Waals surface area contributed by atoms with E-state index in [4.69, 9.17) is 4.74 Å². The Hall–Kier alpha value is -1.66. The van der Waals surface area contributed by atoms with Crippen LogP contribution < -0.4 is 10.2 Å². The topological polar surface area (TPSA) is 57.7 Å². The van der Waals surface area contributed by atoms with Crippen LogP contribution in [0.1, 0.15) is 25.3 Å². The van der Waals surface area contributed by atoms with Gasteiger partial charge in [-0.3, -0.25) is 4.79 Å². The van der Waals surface area contributed by atoms with E-state index < -0.39 is 0 Å². The van der Waals surface area contributed by atoms with Crippen molar-refractivity contribution < 1.29 is 9.53 Å². The molecule has 3 heterocycles. The van der Waals surface area contributed by atoms with Crippen molar-refractivity contribution in [2.75, 3.05) is 44.7 Å². The predicted molar refractivity (Wildman–Crippen MR) is 93.9 cm³/mol. The second-order valence-electron chi connectivity index (χ2n) is 6.82. The van der Waals surface area contributed by atoms with Crippen LogP contribution in [0.15, 0.2) is 18.3 Å². The van der Waals surface area contributed by atoms with Gasteiger partial charge in [-0.25, -0.2) is 4.98 Å². The molecule has 1 aromatic heterocycles. The number of hydrogen-bond donors (Lipinski definition) is 1. The lowest BCUT2D eigenvalue weighted by molar-refractivity contribution is -0.133. The van der Waals surface area contributed by atoms with Crippen molar-refractivity contribution in [2.24, 2.45) is 5.92 Å². The molecule has 2 atom stereocenters. The monoisotopic (exact) mass is 332 g/mol. The van der Waals surface area contributed by atoms with Crippen LogP contribution in [-0.4, -0.2) is 61.7 Å². The molecule has 1 aromatic rings. The molecular formula is C18H28N4O2. The SMILES string of the molecule is C[C@H]1OCCC[C@H]1C(=O)NCc1cccnc1N1CCN(C)CC1. The molecular weight excluding hydrogens is 304 g/mol. The molecule has 2 aliphatic rings. The van der Waals surface area contributed by atoms with Crippen LogP contribution in [0.3, 0.4) is 0 Å². The average molecular weight is 332 g/mol. The van der Waals surface area contributed by atoms with Crippen molar-refractivity contribution in [3.63, 3.8) is 0 Å². The molecule has 0 aliphatic carbocycles. The molecule has 24 heavy (non-hydrogen) atoms. The quantitative estimate of drug-likeness (QED) is 0.900. The van der Waals surface area contributed by atoms with E-state index in [0.717, 1.165) is 57.0 Å². The van der Waals surface area contributed by atoms with E-state index in [-0.39, 0.29) is 17.9 Å². The Morgan fingerprint density at radius 2 is 2.17 bits per heavy atom. The predicted octanol–water partition coefficient (Wildman–Crippen LogP) is 1.26. The fourth-order valence-electron chi connectivity index (χ4n) is 3.45. The number of carbonyl (C=O) groups excluding carboxylic acids is 1. The summed E-state index contributed by atoms with van der Waals surface area (Å²) in [6.07, 6.45) is 3.70. The molecule has 6 heteroatoms. The van der Waals surface area contributed by atoms with Crippen molar-refractivity contribution >= 4 is 11.7 Å². The van der Waals surface area contributed by atoms with Gasteiger partial charge in [0.2, 0.25) is 5.91 Å². The first-order valence-corrected chi connectivity index (χ1v) is 8.92. The molecule has 3 rings (SSSR count). The molecule has 2 aliphatic heterocycles. The fraction of sp³-hybridized carbons (Fsp3) is 0.667. The van der Waals surface area contributed by atoms with Crippen LogP contribution in [0.2, 0.25) is 0 Å². The highest BCUT2D eigenvalue weighted by Crippen LogP contribution is 2.22. The van der Waals surface area contributed by atoms with Gasteiger partial charge >= 0.3 is 0 Å². The Morgan fingerprint density at radius 1 is 1.38 bits per heavy atom. The van der Waals surface area contributed by atoms with E-state index in [1.165, 1.54) is 0 Å². The van der Waals surface area contributed by atoms with Crippen LogP contribution in [0.5, 0.6) is 0 Å². The van der Waals surface area contributed by atoms with Crippen LogP contribution in [0.4, 0.5) is 5.82 Å². The van der Waals surface area contributed by atoms with Gasteiger partial charge in [-0.1, -0.05) is 6.07 Å². The molecule has 0 bridgehead atoms. The molecule has 0 aromatic carbocycles.